The quantitative estimate of drug-likeness (QED) is 0.782. The van der Waals surface area contributed by atoms with Crippen LogP contribution in [0.4, 0.5) is 0 Å². The minimum atomic E-state index is -0.136. The molecule has 1 aromatic rings. The fraction of sp³-hybridized carbons (Fsp3) is 0.562. The number of hydrogen-bond donors (Lipinski definition) is 2. The van der Waals surface area contributed by atoms with Crippen LogP contribution in [0.1, 0.15) is 37.4 Å². The molecule has 20 heavy (non-hydrogen) atoms. The van der Waals surface area contributed by atoms with E-state index in [1.807, 2.05) is 30.3 Å². The van der Waals surface area contributed by atoms with Crippen molar-refractivity contribution in [1.82, 2.24) is 5.32 Å². The molecule has 4 nitrogen and oxygen atoms in total. The molecule has 0 saturated carbocycles. The van der Waals surface area contributed by atoms with Gasteiger partial charge in [-0.2, -0.15) is 0 Å². The van der Waals surface area contributed by atoms with E-state index in [4.69, 9.17) is 9.84 Å². The van der Waals surface area contributed by atoms with Crippen LogP contribution >= 0.6 is 0 Å². The topological polar surface area (TPSA) is 58.6 Å². The van der Waals surface area contributed by atoms with E-state index in [1.165, 1.54) is 0 Å². The molecule has 1 aliphatic heterocycles. The largest absolute Gasteiger partial charge is 0.396 e. The summed E-state index contributed by atoms with van der Waals surface area (Å²) in [5.74, 6) is -0.0447. The molecule has 1 saturated heterocycles. The van der Waals surface area contributed by atoms with E-state index in [1.54, 1.807) is 0 Å². The fourth-order valence-electron chi connectivity index (χ4n) is 2.60. The van der Waals surface area contributed by atoms with Crippen LogP contribution in [0.5, 0.6) is 0 Å². The smallest absolute Gasteiger partial charge is 0.226 e. The first-order valence-electron chi connectivity index (χ1n) is 7.38. The molecule has 2 rings (SSSR count). The first-order chi connectivity index (χ1) is 9.83. The molecule has 0 aromatic heterocycles. The lowest BCUT2D eigenvalue weighted by Crippen LogP contribution is -2.38. The van der Waals surface area contributed by atoms with Crippen LogP contribution in [0, 0.1) is 5.92 Å². The van der Waals surface area contributed by atoms with Crippen molar-refractivity contribution in [2.45, 2.75) is 31.8 Å². The summed E-state index contributed by atoms with van der Waals surface area (Å²) in [7, 11) is 0. The summed E-state index contributed by atoms with van der Waals surface area (Å²) >= 11 is 0. The molecule has 0 radical (unpaired) electrons. The number of unbranched alkanes of at least 4 members (excludes halogenated alkanes) is 1. The van der Waals surface area contributed by atoms with Crippen LogP contribution in [0.2, 0.25) is 0 Å². The molecule has 1 aliphatic rings. The normalized spacial score (nSPS) is 22.4. The van der Waals surface area contributed by atoms with Crippen LogP contribution in [0.15, 0.2) is 30.3 Å². The Labute approximate surface area is 120 Å². The lowest BCUT2D eigenvalue weighted by molar-refractivity contribution is -0.134. The van der Waals surface area contributed by atoms with Gasteiger partial charge in [-0.05, 0) is 31.2 Å². The van der Waals surface area contributed by atoms with E-state index in [0.717, 1.165) is 31.2 Å². The highest BCUT2D eigenvalue weighted by Gasteiger charge is 2.32. The lowest BCUT2D eigenvalue weighted by Gasteiger charge is -2.31. The van der Waals surface area contributed by atoms with Gasteiger partial charge in [-0.1, -0.05) is 30.3 Å². The van der Waals surface area contributed by atoms with Gasteiger partial charge in [0.05, 0.1) is 12.0 Å². The van der Waals surface area contributed by atoms with Gasteiger partial charge in [0, 0.05) is 19.8 Å². The molecule has 0 unspecified atom stereocenters. The third-order valence-electron chi connectivity index (χ3n) is 3.67. The molecular weight excluding hydrogens is 254 g/mol. The van der Waals surface area contributed by atoms with Gasteiger partial charge in [-0.3, -0.25) is 4.79 Å². The monoisotopic (exact) mass is 277 g/mol. The van der Waals surface area contributed by atoms with E-state index in [9.17, 15) is 4.79 Å². The molecule has 0 aliphatic carbocycles. The minimum Gasteiger partial charge on any atom is -0.396 e. The molecular formula is C16H23NO3. The fourth-order valence-corrected chi connectivity index (χ4v) is 2.60. The Morgan fingerprint density at radius 2 is 2.10 bits per heavy atom. The zero-order valence-electron chi connectivity index (χ0n) is 11.8. The highest BCUT2D eigenvalue weighted by molar-refractivity contribution is 5.79. The van der Waals surface area contributed by atoms with Gasteiger partial charge in [0.2, 0.25) is 5.91 Å². The number of benzene rings is 1. The first kappa shape index (κ1) is 15.0. The Morgan fingerprint density at radius 1 is 1.30 bits per heavy atom. The Morgan fingerprint density at radius 3 is 2.85 bits per heavy atom. The van der Waals surface area contributed by atoms with Crippen molar-refractivity contribution in [2.24, 2.45) is 5.92 Å². The minimum absolute atomic E-state index is 0.0662. The average molecular weight is 277 g/mol. The molecule has 1 fully saturated rings. The van der Waals surface area contributed by atoms with Crippen molar-refractivity contribution in [2.75, 3.05) is 19.8 Å². The summed E-state index contributed by atoms with van der Waals surface area (Å²) in [5, 5.41) is 11.7. The third-order valence-corrected chi connectivity index (χ3v) is 3.67. The third kappa shape index (κ3) is 4.05. The zero-order valence-corrected chi connectivity index (χ0v) is 11.8. The standard InChI is InChI=1S/C16H23NO3/c18-11-5-4-10-17-16(19)14-9-6-12-20-15(14)13-7-2-1-3-8-13/h1-3,7-8,14-15,18H,4-6,9-12H2,(H,17,19)/t14-,15+/m1/s1. The van der Waals surface area contributed by atoms with Gasteiger partial charge in [0.25, 0.3) is 0 Å². The second kappa shape index (κ2) is 8.02. The van der Waals surface area contributed by atoms with E-state index < -0.39 is 0 Å². The summed E-state index contributed by atoms with van der Waals surface area (Å²) in [6.45, 7) is 1.51. The highest BCUT2D eigenvalue weighted by atomic mass is 16.5. The van der Waals surface area contributed by atoms with Gasteiger partial charge < -0.3 is 15.2 Å². The number of carbonyl (C=O) groups is 1. The number of rotatable bonds is 6. The van der Waals surface area contributed by atoms with Gasteiger partial charge in [0.15, 0.2) is 0 Å². The Bertz CT molecular complexity index is 407. The van der Waals surface area contributed by atoms with Crippen molar-refractivity contribution < 1.29 is 14.6 Å². The molecule has 2 atom stereocenters. The molecule has 2 N–H and O–H groups in total. The van der Waals surface area contributed by atoms with Crippen molar-refractivity contribution in [1.29, 1.82) is 0 Å². The van der Waals surface area contributed by atoms with Gasteiger partial charge in [-0.25, -0.2) is 0 Å². The van der Waals surface area contributed by atoms with Crippen LogP contribution in [0.3, 0.4) is 0 Å². The molecule has 4 heteroatoms. The second-order valence-electron chi connectivity index (χ2n) is 5.17. The molecule has 0 bridgehead atoms. The SMILES string of the molecule is O=C(NCCCCO)[C@@H]1CCCO[C@H]1c1ccccc1. The van der Waals surface area contributed by atoms with Crippen molar-refractivity contribution in [3.8, 4) is 0 Å². The summed E-state index contributed by atoms with van der Waals surface area (Å²) < 4.78 is 5.82. The number of nitrogens with one attached hydrogen (secondary N) is 1. The van der Waals surface area contributed by atoms with Crippen molar-refractivity contribution in [3.63, 3.8) is 0 Å². The maximum absolute atomic E-state index is 12.3. The number of amides is 1. The zero-order chi connectivity index (χ0) is 14.2. The highest BCUT2D eigenvalue weighted by Crippen LogP contribution is 2.33. The second-order valence-corrected chi connectivity index (χ2v) is 5.17. The molecule has 1 heterocycles. The van der Waals surface area contributed by atoms with Crippen LogP contribution < -0.4 is 5.32 Å². The van der Waals surface area contributed by atoms with Crippen molar-refractivity contribution in [3.05, 3.63) is 35.9 Å². The maximum atomic E-state index is 12.3. The van der Waals surface area contributed by atoms with E-state index in [0.29, 0.717) is 13.2 Å². The number of carbonyl (C=O) groups excluding carboxylic acids is 1. The summed E-state index contributed by atoms with van der Waals surface area (Å²) in [4.78, 5) is 12.3. The van der Waals surface area contributed by atoms with Gasteiger partial charge in [-0.15, -0.1) is 0 Å². The van der Waals surface area contributed by atoms with E-state index in [2.05, 4.69) is 5.32 Å². The molecule has 0 spiro atoms. The molecule has 110 valence electrons. The van der Waals surface area contributed by atoms with Gasteiger partial charge >= 0.3 is 0 Å². The molecule has 1 aromatic carbocycles. The van der Waals surface area contributed by atoms with Crippen LogP contribution in [-0.2, 0) is 9.53 Å². The average Bonchev–Trinajstić information content (AvgIpc) is 2.52. The van der Waals surface area contributed by atoms with Crippen LogP contribution in [0.25, 0.3) is 0 Å². The Kier molecular flexibility index (Phi) is 6.02. The summed E-state index contributed by atoms with van der Waals surface area (Å²) in [5.41, 5.74) is 1.07. The van der Waals surface area contributed by atoms with Crippen molar-refractivity contribution >= 4 is 5.91 Å². The molecule has 1 amide bonds. The van der Waals surface area contributed by atoms with E-state index in [-0.39, 0.29) is 24.5 Å². The Hall–Kier alpha value is -1.39. The number of hydrogen-bond acceptors (Lipinski definition) is 3. The lowest BCUT2D eigenvalue weighted by atomic mass is 9.89. The van der Waals surface area contributed by atoms with Gasteiger partial charge in [0.1, 0.15) is 0 Å². The predicted octanol–water partition coefficient (Wildman–Crippen LogP) is 2.04. The summed E-state index contributed by atoms with van der Waals surface area (Å²) in [6, 6.07) is 9.95. The number of ether oxygens (including phenoxy) is 1. The number of aliphatic hydroxyl groups excluding tert-OH is 1. The summed E-state index contributed by atoms with van der Waals surface area (Å²) in [6.07, 6.45) is 3.20. The number of aliphatic hydroxyl groups is 1. The predicted molar refractivity (Wildman–Crippen MR) is 77.2 cm³/mol. The van der Waals surface area contributed by atoms with Crippen LogP contribution in [-0.4, -0.2) is 30.8 Å². The maximum Gasteiger partial charge on any atom is 0.226 e. The first-order valence-corrected chi connectivity index (χ1v) is 7.38. The van der Waals surface area contributed by atoms with E-state index >= 15 is 0 Å². The Balaban J connectivity index is 1.94.